The first kappa shape index (κ1) is 21.3. The van der Waals surface area contributed by atoms with Gasteiger partial charge in [0.15, 0.2) is 5.13 Å². The number of ether oxygens (including phenoxy) is 1. The molecule has 4 aromatic rings. The van der Waals surface area contributed by atoms with E-state index in [4.69, 9.17) is 4.74 Å². The molecule has 1 N–H and O–H groups in total. The third-order valence-corrected chi connectivity index (χ3v) is 5.47. The molecule has 0 saturated heterocycles. The number of hydrogen-bond acceptors (Lipinski definition) is 5. The van der Waals surface area contributed by atoms with E-state index in [1.165, 1.54) is 18.3 Å². The fourth-order valence-corrected chi connectivity index (χ4v) is 3.99. The molecule has 0 radical (unpaired) electrons. The van der Waals surface area contributed by atoms with Crippen molar-refractivity contribution >= 4 is 39.7 Å². The molecule has 6 nitrogen and oxygen atoms in total. The van der Waals surface area contributed by atoms with Crippen molar-refractivity contribution in [3.63, 3.8) is 0 Å². The molecule has 0 aliphatic rings. The highest BCUT2D eigenvalue weighted by molar-refractivity contribution is 7.14. The summed E-state index contributed by atoms with van der Waals surface area (Å²) in [5.41, 5.74) is 2.57. The highest BCUT2D eigenvalue weighted by Crippen LogP contribution is 2.29. The van der Waals surface area contributed by atoms with E-state index in [9.17, 15) is 9.59 Å². The summed E-state index contributed by atoms with van der Waals surface area (Å²) in [6, 6.07) is 25.7. The van der Waals surface area contributed by atoms with Gasteiger partial charge < -0.3 is 10.1 Å². The molecule has 0 aliphatic carbocycles. The van der Waals surface area contributed by atoms with Crippen LogP contribution in [-0.2, 0) is 11.4 Å². The number of benzene rings is 3. The lowest BCUT2D eigenvalue weighted by molar-refractivity contribution is -0.115. The monoisotopic (exact) mass is 443 g/mol. The lowest BCUT2D eigenvalue weighted by Crippen LogP contribution is -2.22. The van der Waals surface area contributed by atoms with Crippen LogP contribution in [0.25, 0.3) is 0 Å². The number of aromatic nitrogens is 1. The van der Waals surface area contributed by atoms with Crippen LogP contribution in [0, 0.1) is 0 Å². The third-order valence-electron chi connectivity index (χ3n) is 4.60. The smallest absolute Gasteiger partial charge is 0.259 e. The Hall–Kier alpha value is -3.97. The zero-order valence-electron chi connectivity index (χ0n) is 17.4. The van der Waals surface area contributed by atoms with Gasteiger partial charge in [-0.3, -0.25) is 14.5 Å². The molecule has 0 saturated carbocycles. The van der Waals surface area contributed by atoms with E-state index in [1.54, 1.807) is 23.1 Å². The summed E-state index contributed by atoms with van der Waals surface area (Å²) < 4.78 is 5.92. The molecule has 0 bridgehead atoms. The molecule has 0 fully saturated rings. The van der Waals surface area contributed by atoms with Crippen LogP contribution in [0.1, 0.15) is 23.0 Å². The zero-order chi connectivity index (χ0) is 22.3. The molecule has 3 aromatic carbocycles. The first-order valence-corrected chi connectivity index (χ1v) is 10.9. The van der Waals surface area contributed by atoms with Crippen LogP contribution in [-0.4, -0.2) is 16.8 Å². The van der Waals surface area contributed by atoms with Gasteiger partial charge in [-0.05, 0) is 36.4 Å². The number of nitrogens with one attached hydrogen (secondary N) is 1. The fourth-order valence-electron chi connectivity index (χ4n) is 3.12. The summed E-state index contributed by atoms with van der Waals surface area (Å²) in [4.78, 5) is 31.1. The average Bonchev–Trinajstić information content (AvgIpc) is 3.27. The minimum atomic E-state index is -0.252. The quantitative estimate of drug-likeness (QED) is 0.400. The van der Waals surface area contributed by atoms with E-state index in [1.807, 2.05) is 72.1 Å². The van der Waals surface area contributed by atoms with Crippen LogP contribution in [0.15, 0.2) is 90.3 Å². The second-order valence-corrected chi connectivity index (χ2v) is 7.75. The Bertz CT molecular complexity index is 1210. The van der Waals surface area contributed by atoms with Crippen molar-refractivity contribution in [2.75, 3.05) is 10.2 Å². The molecular weight excluding hydrogens is 422 g/mol. The van der Waals surface area contributed by atoms with Crippen molar-refractivity contribution in [3.05, 3.63) is 102 Å². The van der Waals surface area contributed by atoms with Crippen LogP contribution >= 0.6 is 11.3 Å². The minimum absolute atomic E-state index is 0.124. The van der Waals surface area contributed by atoms with E-state index in [2.05, 4.69) is 10.3 Å². The molecular formula is C25H21N3O3S. The van der Waals surface area contributed by atoms with Crippen LogP contribution in [0.5, 0.6) is 5.75 Å². The summed E-state index contributed by atoms with van der Waals surface area (Å²) in [6.07, 6.45) is 0. The maximum atomic E-state index is 12.7. The summed E-state index contributed by atoms with van der Waals surface area (Å²) in [6.45, 7) is 1.68. The number of carbonyl (C=O) groups is 2. The molecule has 1 heterocycles. The van der Waals surface area contributed by atoms with Crippen molar-refractivity contribution in [3.8, 4) is 5.75 Å². The normalized spacial score (nSPS) is 10.4. The largest absolute Gasteiger partial charge is 0.486 e. The van der Waals surface area contributed by atoms with E-state index in [-0.39, 0.29) is 18.4 Å². The number of amides is 2. The van der Waals surface area contributed by atoms with E-state index in [0.29, 0.717) is 27.8 Å². The first-order chi connectivity index (χ1) is 15.6. The first-order valence-electron chi connectivity index (χ1n) is 10.00. The summed E-state index contributed by atoms with van der Waals surface area (Å²) in [5, 5.41) is 5.28. The summed E-state index contributed by atoms with van der Waals surface area (Å²) >= 11 is 1.36. The maximum Gasteiger partial charge on any atom is 0.259 e. The van der Waals surface area contributed by atoms with Crippen LogP contribution < -0.4 is 15.0 Å². The van der Waals surface area contributed by atoms with Gasteiger partial charge >= 0.3 is 0 Å². The number of nitrogens with zero attached hydrogens (tertiary/aromatic N) is 2. The molecule has 2 amide bonds. The van der Waals surface area contributed by atoms with Crippen molar-refractivity contribution in [1.82, 2.24) is 4.98 Å². The number of carbonyl (C=O) groups excluding carboxylic acids is 2. The lowest BCUT2D eigenvalue weighted by atomic mass is 10.2. The van der Waals surface area contributed by atoms with Gasteiger partial charge in [0.1, 0.15) is 12.4 Å². The fraction of sp³-hybridized carbons (Fsp3) is 0.0800. The predicted molar refractivity (Wildman–Crippen MR) is 127 cm³/mol. The van der Waals surface area contributed by atoms with Gasteiger partial charge in [-0.2, -0.15) is 0 Å². The van der Waals surface area contributed by atoms with Crippen molar-refractivity contribution in [2.24, 2.45) is 0 Å². The third kappa shape index (κ3) is 5.01. The van der Waals surface area contributed by atoms with E-state index < -0.39 is 0 Å². The Morgan fingerprint density at radius 1 is 0.938 bits per heavy atom. The Morgan fingerprint density at radius 2 is 1.59 bits per heavy atom. The van der Waals surface area contributed by atoms with Crippen molar-refractivity contribution in [1.29, 1.82) is 0 Å². The number of anilines is 3. The molecule has 32 heavy (non-hydrogen) atoms. The molecule has 0 atom stereocenters. The Balaban J connectivity index is 1.48. The second-order valence-electron chi connectivity index (χ2n) is 6.92. The lowest BCUT2D eigenvalue weighted by Gasteiger charge is -2.17. The standard InChI is InChI=1S/C25H21N3O3S/c1-18(29)28(21-12-6-3-7-13-21)25-27-20(17-32-25)16-31-23-15-9-8-14-22(23)24(30)26-19-10-4-2-5-11-19/h2-15,17H,16H2,1H3,(H,26,30). The van der Waals surface area contributed by atoms with Gasteiger partial charge in [-0.1, -0.05) is 48.5 Å². The highest BCUT2D eigenvalue weighted by Gasteiger charge is 2.18. The zero-order valence-corrected chi connectivity index (χ0v) is 18.2. The van der Waals surface area contributed by atoms with Crippen LogP contribution in [0.4, 0.5) is 16.5 Å². The second kappa shape index (κ2) is 9.89. The van der Waals surface area contributed by atoms with Crippen molar-refractivity contribution in [2.45, 2.75) is 13.5 Å². The topological polar surface area (TPSA) is 71.5 Å². The molecule has 0 aliphatic heterocycles. The SMILES string of the molecule is CC(=O)N(c1ccccc1)c1nc(COc2ccccc2C(=O)Nc2ccccc2)cs1. The number of rotatable bonds is 7. The van der Waals surface area contributed by atoms with Crippen LogP contribution in [0.2, 0.25) is 0 Å². The molecule has 7 heteroatoms. The van der Waals surface area contributed by atoms with Gasteiger partial charge in [-0.25, -0.2) is 4.98 Å². The predicted octanol–water partition coefficient (Wildman–Crippen LogP) is 5.66. The minimum Gasteiger partial charge on any atom is -0.486 e. The van der Waals surface area contributed by atoms with Crippen LogP contribution in [0.3, 0.4) is 0 Å². The summed E-state index contributed by atoms with van der Waals surface area (Å²) in [5.74, 6) is 0.0838. The van der Waals surface area contributed by atoms with Gasteiger partial charge in [0.05, 0.1) is 16.9 Å². The maximum absolute atomic E-state index is 12.7. The molecule has 160 valence electrons. The van der Waals surface area contributed by atoms with Crippen molar-refractivity contribution < 1.29 is 14.3 Å². The molecule has 0 unspecified atom stereocenters. The molecule has 4 rings (SSSR count). The Kier molecular flexibility index (Phi) is 6.57. The Labute approximate surface area is 190 Å². The summed E-state index contributed by atoms with van der Waals surface area (Å²) in [7, 11) is 0. The van der Waals surface area contributed by atoms with Gasteiger partial charge in [0.2, 0.25) is 5.91 Å². The van der Waals surface area contributed by atoms with E-state index in [0.717, 1.165) is 5.69 Å². The van der Waals surface area contributed by atoms with Gasteiger partial charge in [-0.15, -0.1) is 11.3 Å². The van der Waals surface area contributed by atoms with E-state index >= 15 is 0 Å². The number of hydrogen-bond donors (Lipinski definition) is 1. The number of thiazole rings is 1. The van der Waals surface area contributed by atoms with Gasteiger partial charge in [0, 0.05) is 18.0 Å². The molecule has 1 aromatic heterocycles. The highest BCUT2D eigenvalue weighted by atomic mass is 32.1. The number of para-hydroxylation sites is 3. The van der Waals surface area contributed by atoms with Gasteiger partial charge in [0.25, 0.3) is 5.91 Å². The average molecular weight is 444 g/mol. The molecule has 0 spiro atoms. The Morgan fingerprint density at radius 3 is 2.31 bits per heavy atom.